The van der Waals surface area contributed by atoms with E-state index in [9.17, 15) is 14.4 Å². The summed E-state index contributed by atoms with van der Waals surface area (Å²) in [5.41, 5.74) is 0. The second-order valence-corrected chi connectivity index (χ2v) is 19.7. The first-order valence-corrected chi connectivity index (χ1v) is 27.9. The van der Waals surface area contributed by atoms with Gasteiger partial charge in [0, 0.05) is 19.3 Å². The van der Waals surface area contributed by atoms with E-state index in [2.05, 4.69) is 27.7 Å². The van der Waals surface area contributed by atoms with Crippen molar-refractivity contribution in [3.05, 3.63) is 0 Å². The molecule has 0 radical (unpaired) electrons. The summed E-state index contributed by atoms with van der Waals surface area (Å²) in [6.07, 6.45) is 53.7. The minimum Gasteiger partial charge on any atom is -0.462 e. The average Bonchev–Trinajstić information content (AvgIpc) is 3.26. The zero-order valence-corrected chi connectivity index (χ0v) is 42.3. The molecule has 0 aliphatic heterocycles. The SMILES string of the molecule is CCCCCCCCCCCCCCCCCC(=O)OC[C@H](COC(=O)CCCCCCCCCCCCCCCC(C)C)OC(=O)CCCCCCCCCCCCCCC. The van der Waals surface area contributed by atoms with Gasteiger partial charge in [0.1, 0.15) is 13.2 Å². The number of rotatable bonds is 51. The van der Waals surface area contributed by atoms with Crippen molar-refractivity contribution in [2.75, 3.05) is 13.2 Å². The number of hydrogen-bond donors (Lipinski definition) is 0. The van der Waals surface area contributed by atoms with Gasteiger partial charge >= 0.3 is 17.9 Å². The highest BCUT2D eigenvalue weighted by molar-refractivity contribution is 5.71. The molecule has 0 N–H and O–H groups in total. The van der Waals surface area contributed by atoms with Gasteiger partial charge in [0.15, 0.2) is 6.10 Å². The van der Waals surface area contributed by atoms with Crippen LogP contribution in [0.2, 0.25) is 0 Å². The van der Waals surface area contributed by atoms with Crippen LogP contribution in [0.3, 0.4) is 0 Å². The van der Waals surface area contributed by atoms with Gasteiger partial charge in [-0.3, -0.25) is 14.4 Å². The molecule has 0 heterocycles. The fourth-order valence-electron chi connectivity index (χ4n) is 8.57. The van der Waals surface area contributed by atoms with Gasteiger partial charge in [-0.1, -0.05) is 278 Å². The van der Waals surface area contributed by atoms with Crippen molar-refractivity contribution in [3.8, 4) is 0 Å². The van der Waals surface area contributed by atoms with Crippen LogP contribution in [-0.4, -0.2) is 37.2 Å². The van der Waals surface area contributed by atoms with Gasteiger partial charge in [0.2, 0.25) is 0 Å². The van der Waals surface area contributed by atoms with Gasteiger partial charge in [-0.05, 0) is 25.2 Å². The average molecular weight is 877 g/mol. The molecule has 0 saturated carbocycles. The topological polar surface area (TPSA) is 78.9 Å². The second-order valence-electron chi connectivity index (χ2n) is 19.7. The number of esters is 3. The molecule has 0 unspecified atom stereocenters. The summed E-state index contributed by atoms with van der Waals surface area (Å²) in [5.74, 6) is 0.00212. The standard InChI is InChI=1S/C56H108O6/c1-5-7-9-11-13-15-17-19-20-24-27-31-35-39-43-47-54(57)60-50-53(62-56(59)49-45-41-37-33-29-22-18-16-14-12-10-8-6-2)51-61-55(58)48-44-40-36-32-28-25-21-23-26-30-34-38-42-46-52(3)4/h52-53H,5-51H2,1-4H3/t53-/m1/s1. The minimum absolute atomic E-state index is 0.0620. The maximum absolute atomic E-state index is 12.8. The smallest absolute Gasteiger partial charge is 0.306 e. The number of carbonyl (C=O) groups excluding carboxylic acids is 3. The van der Waals surface area contributed by atoms with E-state index in [1.54, 1.807) is 0 Å². The third kappa shape index (κ3) is 49.4. The normalized spacial score (nSPS) is 12.0. The van der Waals surface area contributed by atoms with E-state index < -0.39 is 6.10 Å². The van der Waals surface area contributed by atoms with Crippen molar-refractivity contribution < 1.29 is 28.6 Å². The summed E-state index contributed by atoms with van der Waals surface area (Å²) >= 11 is 0. The summed E-state index contributed by atoms with van der Waals surface area (Å²) in [6, 6.07) is 0. The van der Waals surface area contributed by atoms with Gasteiger partial charge in [0.25, 0.3) is 0 Å². The highest BCUT2D eigenvalue weighted by Gasteiger charge is 2.19. The molecule has 6 nitrogen and oxygen atoms in total. The Bertz CT molecular complexity index is 933. The molecule has 0 aromatic rings. The highest BCUT2D eigenvalue weighted by atomic mass is 16.6. The molecule has 0 rings (SSSR count). The Hall–Kier alpha value is -1.59. The largest absolute Gasteiger partial charge is 0.462 e. The van der Waals surface area contributed by atoms with Crippen LogP contribution in [-0.2, 0) is 28.6 Å². The molecule has 0 bridgehead atoms. The second kappa shape index (κ2) is 50.4. The van der Waals surface area contributed by atoms with Crippen LogP contribution in [0.1, 0.15) is 317 Å². The fraction of sp³-hybridized carbons (Fsp3) is 0.946. The van der Waals surface area contributed by atoms with Crippen molar-refractivity contribution in [2.45, 2.75) is 323 Å². The van der Waals surface area contributed by atoms with Crippen LogP contribution in [0.5, 0.6) is 0 Å². The summed E-state index contributed by atoms with van der Waals surface area (Å²) in [5, 5.41) is 0. The molecule has 62 heavy (non-hydrogen) atoms. The van der Waals surface area contributed by atoms with Crippen molar-refractivity contribution in [3.63, 3.8) is 0 Å². The molecule has 0 fully saturated rings. The third-order valence-corrected chi connectivity index (χ3v) is 12.8. The molecule has 0 aromatic heterocycles. The van der Waals surface area contributed by atoms with Crippen molar-refractivity contribution in [2.24, 2.45) is 5.92 Å². The molecule has 1 atom stereocenters. The molecular weight excluding hydrogens is 769 g/mol. The number of unbranched alkanes of at least 4 members (excludes halogenated alkanes) is 38. The molecule has 368 valence electrons. The van der Waals surface area contributed by atoms with Crippen LogP contribution >= 0.6 is 0 Å². The zero-order valence-electron chi connectivity index (χ0n) is 42.3. The highest BCUT2D eigenvalue weighted by Crippen LogP contribution is 2.18. The lowest BCUT2D eigenvalue weighted by molar-refractivity contribution is -0.167. The number of carbonyl (C=O) groups is 3. The first kappa shape index (κ1) is 60.4. The summed E-state index contributed by atoms with van der Waals surface area (Å²) < 4.78 is 16.9. The van der Waals surface area contributed by atoms with Crippen molar-refractivity contribution in [1.82, 2.24) is 0 Å². The van der Waals surface area contributed by atoms with Crippen molar-refractivity contribution >= 4 is 17.9 Å². The van der Waals surface area contributed by atoms with Gasteiger partial charge in [0.05, 0.1) is 0 Å². The Balaban J connectivity index is 4.29. The van der Waals surface area contributed by atoms with Crippen LogP contribution < -0.4 is 0 Å². The molecule has 0 aromatic carbocycles. The maximum atomic E-state index is 12.8. The molecule has 0 amide bonds. The first-order valence-electron chi connectivity index (χ1n) is 27.9. The number of hydrogen-bond acceptors (Lipinski definition) is 6. The third-order valence-electron chi connectivity index (χ3n) is 12.8. The summed E-state index contributed by atoms with van der Waals surface area (Å²) in [6.45, 7) is 9.05. The van der Waals surface area contributed by atoms with E-state index in [-0.39, 0.29) is 31.1 Å². The Labute approximate surface area is 387 Å². The van der Waals surface area contributed by atoms with Gasteiger partial charge in [-0.2, -0.15) is 0 Å². The Kier molecular flexibility index (Phi) is 49.1. The van der Waals surface area contributed by atoms with E-state index in [0.29, 0.717) is 19.3 Å². The molecular formula is C56H108O6. The fourth-order valence-corrected chi connectivity index (χ4v) is 8.57. The maximum Gasteiger partial charge on any atom is 0.306 e. The Morgan fingerprint density at radius 3 is 0.790 bits per heavy atom. The lowest BCUT2D eigenvalue weighted by Crippen LogP contribution is -2.30. The molecule has 0 saturated heterocycles. The molecule has 0 aliphatic rings. The van der Waals surface area contributed by atoms with Crippen molar-refractivity contribution in [1.29, 1.82) is 0 Å². The Morgan fingerprint density at radius 1 is 0.306 bits per heavy atom. The van der Waals surface area contributed by atoms with Crippen LogP contribution in [0.15, 0.2) is 0 Å². The van der Waals surface area contributed by atoms with Gasteiger partial charge in [-0.25, -0.2) is 0 Å². The van der Waals surface area contributed by atoms with Gasteiger partial charge in [-0.15, -0.1) is 0 Å². The van der Waals surface area contributed by atoms with Crippen LogP contribution in [0.25, 0.3) is 0 Å². The monoisotopic (exact) mass is 877 g/mol. The molecule has 0 spiro atoms. The molecule has 6 heteroatoms. The van der Waals surface area contributed by atoms with E-state index >= 15 is 0 Å². The summed E-state index contributed by atoms with van der Waals surface area (Å²) in [7, 11) is 0. The van der Waals surface area contributed by atoms with Gasteiger partial charge < -0.3 is 14.2 Å². The van der Waals surface area contributed by atoms with Crippen LogP contribution in [0, 0.1) is 5.92 Å². The zero-order chi connectivity index (χ0) is 45.2. The lowest BCUT2D eigenvalue weighted by Gasteiger charge is -2.18. The van der Waals surface area contributed by atoms with Crippen LogP contribution in [0.4, 0.5) is 0 Å². The number of ether oxygens (including phenoxy) is 3. The summed E-state index contributed by atoms with van der Waals surface area (Å²) in [4.78, 5) is 38.1. The van der Waals surface area contributed by atoms with E-state index in [4.69, 9.17) is 14.2 Å². The minimum atomic E-state index is -0.761. The predicted octanol–water partition coefficient (Wildman–Crippen LogP) is 18.2. The lowest BCUT2D eigenvalue weighted by atomic mass is 10.0. The predicted molar refractivity (Wildman–Crippen MR) is 266 cm³/mol. The first-order chi connectivity index (χ1) is 30.4. The van der Waals surface area contributed by atoms with E-state index in [0.717, 1.165) is 63.7 Å². The molecule has 0 aliphatic carbocycles. The van der Waals surface area contributed by atoms with E-state index in [1.165, 1.54) is 212 Å². The quantitative estimate of drug-likeness (QED) is 0.0344. The van der Waals surface area contributed by atoms with E-state index in [1.807, 2.05) is 0 Å². The Morgan fingerprint density at radius 2 is 0.532 bits per heavy atom.